The van der Waals surface area contributed by atoms with Crippen LogP contribution in [0.15, 0.2) is 65.4 Å². The van der Waals surface area contributed by atoms with Gasteiger partial charge in [0, 0.05) is 16.6 Å². The molecule has 1 amide bonds. The number of anilines is 2. The fourth-order valence-electron chi connectivity index (χ4n) is 3.43. The molecule has 0 aliphatic heterocycles. The molecule has 0 radical (unpaired) electrons. The van der Waals surface area contributed by atoms with Gasteiger partial charge in [-0.1, -0.05) is 12.1 Å². The molecule has 0 saturated carbocycles. The van der Waals surface area contributed by atoms with E-state index >= 15 is 0 Å². The van der Waals surface area contributed by atoms with Crippen LogP contribution in [0.1, 0.15) is 43.7 Å². The van der Waals surface area contributed by atoms with Gasteiger partial charge < -0.3 is 15.1 Å². The van der Waals surface area contributed by atoms with Gasteiger partial charge in [-0.05, 0) is 73.9 Å². The summed E-state index contributed by atoms with van der Waals surface area (Å²) in [6.07, 6.45) is 3.19. The molecule has 0 spiro atoms. The van der Waals surface area contributed by atoms with Crippen LogP contribution in [0.4, 0.5) is 15.2 Å². The summed E-state index contributed by atoms with van der Waals surface area (Å²) in [4.78, 5) is 18.2. The Bertz CT molecular complexity index is 1220. The number of nitrogens with zero attached hydrogens (tertiary/aromatic N) is 1. The van der Waals surface area contributed by atoms with E-state index in [4.69, 9.17) is 4.42 Å². The van der Waals surface area contributed by atoms with E-state index in [0.717, 1.165) is 27.1 Å². The van der Waals surface area contributed by atoms with Crippen LogP contribution in [0.25, 0.3) is 0 Å². The maximum Gasteiger partial charge on any atom is 0.291 e. The number of amides is 1. The number of thiophene rings is 1. The summed E-state index contributed by atoms with van der Waals surface area (Å²) in [5, 5.41) is 7.09. The van der Waals surface area contributed by atoms with E-state index in [1.54, 1.807) is 24.4 Å². The molecule has 0 bridgehead atoms. The van der Waals surface area contributed by atoms with Crippen molar-refractivity contribution in [2.75, 3.05) is 10.6 Å². The fraction of sp³-hybridized carbons (Fsp3) is 0.167. The van der Waals surface area contributed by atoms with Crippen LogP contribution in [-0.2, 0) is 0 Å². The van der Waals surface area contributed by atoms with E-state index in [0.29, 0.717) is 10.8 Å². The summed E-state index contributed by atoms with van der Waals surface area (Å²) in [5.74, 6) is 0.234. The molecule has 158 valence electrons. The summed E-state index contributed by atoms with van der Waals surface area (Å²) in [7, 11) is 0. The van der Waals surface area contributed by atoms with Crippen molar-refractivity contribution in [2.45, 2.75) is 26.8 Å². The average Bonchev–Trinajstić information content (AvgIpc) is 3.36. The van der Waals surface area contributed by atoms with Crippen LogP contribution in [-0.4, -0.2) is 10.9 Å². The first kappa shape index (κ1) is 20.8. The zero-order valence-corrected chi connectivity index (χ0v) is 18.2. The van der Waals surface area contributed by atoms with Crippen LogP contribution < -0.4 is 10.6 Å². The fourth-order valence-corrected chi connectivity index (χ4v) is 4.52. The van der Waals surface area contributed by atoms with Crippen molar-refractivity contribution >= 4 is 28.1 Å². The molecule has 1 aromatic carbocycles. The Balaban J connectivity index is 1.79. The largest absolute Gasteiger partial charge is 0.459 e. The normalized spacial score (nSPS) is 11.9. The van der Waals surface area contributed by atoms with Crippen molar-refractivity contribution in [3.63, 3.8) is 0 Å². The summed E-state index contributed by atoms with van der Waals surface area (Å²) < 4.78 is 19.4. The predicted octanol–water partition coefficient (Wildman–Crippen LogP) is 6.25. The molecule has 0 aliphatic carbocycles. The summed E-state index contributed by atoms with van der Waals surface area (Å²) in [5.41, 5.74) is 3.68. The van der Waals surface area contributed by atoms with Gasteiger partial charge in [-0.3, -0.25) is 4.79 Å². The SMILES string of the molecule is Cc1ccnc(NC(c2cccc(F)c2)c2c(NC(=O)c3ccco3)sc(C)c2C)c1. The van der Waals surface area contributed by atoms with Crippen LogP contribution in [0.2, 0.25) is 0 Å². The molecule has 0 saturated heterocycles. The van der Waals surface area contributed by atoms with Crippen LogP contribution in [0.3, 0.4) is 0 Å². The third kappa shape index (κ3) is 4.51. The van der Waals surface area contributed by atoms with E-state index in [1.165, 1.54) is 29.7 Å². The number of hydrogen-bond donors (Lipinski definition) is 2. The Hall–Kier alpha value is -3.45. The molecule has 31 heavy (non-hydrogen) atoms. The van der Waals surface area contributed by atoms with Crippen molar-refractivity contribution in [1.82, 2.24) is 4.98 Å². The highest BCUT2D eigenvalue weighted by molar-refractivity contribution is 7.16. The van der Waals surface area contributed by atoms with E-state index in [9.17, 15) is 9.18 Å². The first-order valence-corrected chi connectivity index (χ1v) is 10.6. The van der Waals surface area contributed by atoms with Crippen molar-refractivity contribution in [3.8, 4) is 0 Å². The summed E-state index contributed by atoms with van der Waals surface area (Å²) in [6, 6.07) is 13.2. The van der Waals surface area contributed by atoms with E-state index in [-0.39, 0.29) is 17.5 Å². The molecule has 1 unspecified atom stereocenters. The van der Waals surface area contributed by atoms with Gasteiger partial charge in [0.1, 0.15) is 16.6 Å². The van der Waals surface area contributed by atoms with Gasteiger partial charge in [0.15, 0.2) is 5.76 Å². The molecule has 2 N–H and O–H groups in total. The number of pyridine rings is 1. The van der Waals surface area contributed by atoms with E-state index in [1.807, 2.05) is 39.0 Å². The van der Waals surface area contributed by atoms with Crippen molar-refractivity contribution in [1.29, 1.82) is 0 Å². The Morgan fingerprint density at radius 2 is 1.97 bits per heavy atom. The quantitative estimate of drug-likeness (QED) is 0.375. The molecule has 3 aromatic heterocycles. The summed E-state index contributed by atoms with van der Waals surface area (Å²) >= 11 is 1.48. The second-order valence-corrected chi connectivity index (χ2v) is 8.53. The highest BCUT2D eigenvalue weighted by Crippen LogP contribution is 2.41. The number of furan rings is 1. The third-order valence-electron chi connectivity index (χ3n) is 5.08. The zero-order valence-electron chi connectivity index (χ0n) is 17.4. The molecular weight excluding hydrogens is 413 g/mol. The minimum Gasteiger partial charge on any atom is -0.459 e. The number of aromatic nitrogens is 1. The maximum atomic E-state index is 14.1. The highest BCUT2D eigenvalue weighted by Gasteiger charge is 2.26. The lowest BCUT2D eigenvalue weighted by molar-refractivity contribution is 0.0997. The topological polar surface area (TPSA) is 67.2 Å². The standard InChI is InChI=1S/C24H22FN3O2S/c1-14-9-10-26-20(12-14)27-22(17-6-4-7-18(25)13-17)21-15(2)16(3)31-24(21)28-23(29)19-8-5-11-30-19/h4-13,22H,1-3H3,(H,26,27)(H,28,29). The molecule has 7 heteroatoms. The average molecular weight is 436 g/mol. The van der Waals surface area contributed by atoms with Gasteiger partial charge >= 0.3 is 0 Å². The zero-order chi connectivity index (χ0) is 22.0. The molecule has 0 aliphatic rings. The van der Waals surface area contributed by atoms with Crippen molar-refractivity contribution in [2.24, 2.45) is 0 Å². The number of rotatable bonds is 6. The number of halogens is 1. The second-order valence-electron chi connectivity index (χ2n) is 7.31. The lowest BCUT2D eigenvalue weighted by Crippen LogP contribution is -2.18. The molecule has 0 fully saturated rings. The van der Waals surface area contributed by atoms with Gasteiger partial charge in [-0.25, -0.2) is 9.37 Å². The number of hydrogen-bond acceptors (Lipinski definition) is 5. The van der Waals surface area contributed by atoms with Gasteiger partial charge in [0.25, 0.3) is 5.91 Å². The minimum absolute atomic E-state index is 0.227. The van der Waals surface area contributed by atoms with Gasteiger partial charge in [-0.15, -0.1) is 11.3 Å². The number of carbonyl (C=O) groups is 1. The second kappa shape index (κ2) is 8.73. The maximum absolute atomic E-state index is 14.1. The minimum atomic E-state index is -0.415. The molecule has 3 heterocycles. The van der Waals surface area contributed by atoms with Crippen molar-refractivity contribution in [3.05, 3.63) is 99.7 Å². The monoisotopic (exact) mass is 435 g/mol. The summed E-state index contributed by atoms with van der Waals surface area (Å²) in [6.45, 7) is 5.99. The van der Waals surface area contributed by atoms with Crippen LogP contribution >= 0.6 is 11.3 Å². The molecular formula is C24H22FN3O2S. The van der Waals surface area contributed by atoms with Crippen LogP contribution in [0.5, 0.6) is 0 Å². The van der Waals surface area contributed by atoms with Crippen LogP contribution in [0, 0.1) is 26.6 Å². The van der Waals surface area contributed by atoms with E-state index in [2.05, 4.69) is 15.6 Å². The first-order chi connectivity index (χ1) is 14.9. The number of benzene rings is 1. The molecule has 1 atom stereocenters. The first-order valence-electron chi connectivity index (χ1n) is 9.82. The Labute approximate surface area is 184 Å². The highest BCUT2D eigenvalue weighted by atomic mass is 32.1. The van der Waals surface area contributed by atoms with Gasteiger partial charge in [0.2, 0.25) is 0 Å². The van der Waals surface area contributed by atoms with E-state index < -0.39 is 6.04 Å². The van der Waals surface area contributed by atoms with Crippen molar-refractivity contribution < 1.29 is 13.6 Å². The van der Waals surface area contributed by atoms with Gasteiger partial charge in [-0.2, -0.15) is 0 Å². The smallest absolute Gasteiger partial charge is 0.291 e. The van der Waals surface area contributed by atoms with Gasteiger partial charge in [0.05, 0.1) is 12.3 Å². The number of aryl methyl sites for hydroxylation is 2. The lowest BCUT2D eigenvalue weighted by atomic mass is 9.96. The Morgan fingerprint density at radius 1 is 1.13 bits per heavy atom. The number of nitrogens with one attached hydrogen (secondary N) is 2. The Morgan fingerprint density at radius 3 is 2.68 bits per heavy atom. The molecule has 4 rings (SSSR count). The Kier molecular flexibility index (Phi) is 5.86. The third-order valence-corrected chi connectivity index (χ3v) is 6.22. The predicted molar refractivity (Wildman–Crippen MR) is 121 cm³/mol. The molecule has 4 aromatic rings. The molecule has 5 nitrogen and oxygen atoms in total. The lowest BCUT2D eigenvalue weighted by Gasteiger charge is -2.22. The number of carbonyl (C=O) groups excluding carboxylic acids is 1.